The molecule has 0 bridgehead atoms. The molecule has 0 aliphatic heterocycles. The minimum Gasteiger partial charge on any atom is -0.740 e. The number of non-ortho nitro benzene ring substituents is 1. The lowest BCUT2D eigenvalue weighted by Gasteiger charge is -2.12. The topological polar surface area (TPSA) is 192 Å². The highest BCUT2D eigenvalue weighted by Gasteiger charge is 2.28. The second-order valence-electron chi connectivity index (χ2n) is 4.11. The quantitative estimate of drug-likeness (QED) is 0.274. The van der Waals surface area contributed by atoms with Gasteiger partial charge in [0, 0.05) is 17.5 Å². The molecule has 2 aromatic carbocycles. The number of rotatable bonds is 5. The summed E-state index contributed by atoms with van der Waals surface area (Å²) >= 11 is -3.07. The third-order valence-corrected chi connectivity index (χ3v) is 3.14. The Morgan fingerprint density at radius 1 is 1.04 bits per heavy atom. The Hall–Kier alpha value is -3.19. The molecule has 1 unspecified atom stereocenters. The van der Waals surface area contributed by atoms with E-state index in [0.29, 0.717) is 0 Å². The molecule has 2 aromatic rings. The van der Waals surface area contributed by atoms with Gasteiger partial charge in [-0.3, -0.25) is 10.1 Å². The summed E-state index contributed by atoms with van der Waals surface area (Å²) in [6.07, 6.45) is 0. The van der Waals surface area contributed by atoms with Gasteiger partial charge in [0.05, 0.1) is 16.4 Å². The number of hydrogen-bond acceptors (Lipinski definition) is 9. The first-order valence-electron chi connectivity index (χ1n) is 5.62. The lowest BCUT2D eigenvalue weighted by atomic mass is 10.1. The molecule has 120 valence electrons. The summed E-state index contributed by atoms with van der Waals surface area (Å²) in [4.78, 5) is 9.10. The van der Waals surface area contributed by atoms with Gasteiger partial charge in [0.1, 0.15) is 11.4 Å². The van der Waals surface area contributed by atoms with E-state index in [4.69, 9.17) is 11.1 Å². The average molecular weight is 340 g/mol. The molecular weight excluding hydrogens is 334 g/mol. The lowest BCUT2D eigenvalue weighted by molar-refractivity contribution is -0.499. The van der Waals surface area contributed by atoms with Gasteiger partial charge < -0.3 is 19.2 Å². The molecule has 2 rings (SSSR count). The molecule has 0 heterocycles. The van der Waals surface area contributed by atoms with Gasteiger partial charge >= 0.3 is 11.4 Å². The fourth-order valence-corrected chi connectivity index (χ4v) is 2.26. The molecule has 13 heteroatoms. The van der Waals surface area contributed by atoms with Crippen molar-refractivity contribution in [2.75, 3.05) is 0 Å². The van der Waals surface area contributed by atoms with E-state index >= 15 is 0 Å². The van der Waals surface area contributed by atoms with Crippen LogP contribution in [0.4, 0.5) is 17.1 Å². The van der Waals surface area contributed by atoms with Crippen molar-refractivity contribution >= 4 is 39.2 Å². The highest BCUT2D eigenvalue weighted by atomic mass is 32.2. The van der Waals surface area contributed by atoms with E-state index < -0.39 is 48.8 Å². The zero-order chi connectivity index (χ0) is 17.3. The van der Waals surface area contributed by atoms with Crippen LogP contribution in [0.25, 0.3) is 10.8 Å². The third kappa shape index (κ3) is 3.04. The fourth-order valence-electron chi connectivity index (χ4n) is 1.97. The van der Waals surface area contributed by atoms with Gasteiger partial charge in [0.2, 0.25) is 0 Å². The van der Waals surface area contributed by atoms with Crippen LogP contribution in [0.15, 0.2) is 24.3 Å². The van der Waals surface area contributed by atoms with Crippen molar-refractivity contribution < 1.29 is 27.6 Å². The fraction of sp³-hybridized carbons (Fsp3) is 0. The number of nitro groups is 1. The molecule has 0 amide bonds. The maximum atomic E-state index is 11.4. The Kier molecular flexibility index (Phi) is 4.15. The van der Waals surface area contributed by atoms with Crippen LogP contribution in [-0.4, -0.2) is 23.4 Å². The summed E-state index contributed by atoms with van der Waals surface area (Å²) in [5.41, 5.74) is 12.5. The van der Waals surface area contributed by atoms with Crippen LogP contribution < -0.4 is 4.18 Å². The van der Waals surface area contributed by atoms with Crippen LogP contribution in [0.1, 0.15) is 0 Å². The number of fused-ring (bicyclic) bond motifs is 1. The SMILES string of the molecule is N=[N+]([O-])c1cc(OS(=O)[O-])c2cc([N+](=O)[O-])ccc2c1[N+](=N)[O-]. The first-order chi connectivity index (χ1) is 10.7. The van der Waals surface area contributed by atoms with Crippen LogP contribution in [0.3, 0.4) is 0 Å². The summed E-state index contributed by atoms with van der Waals surface area (Å²) in [5, 5.41) is 33.1. The zero-order valence-electron chi connectivity index (χ0n) is 10.9. The Morgan fingerprint density at radius 3 is 2.17 bits per heavy atom. The van der Waals surface area contributed by atoms with Gasteiger partial charge in [-0.05, 0) is 17.1 Å². The van der Waals surface area contributed by atoms with Crippen molar-refractivity contribution in [3.8, 4) is 5.75 Å². The van der Waals surface area contributed by atoms with E-state index in [1.807, 2.05) is 0 Å². The molecular formula is C10H6N5O7S-. The molecule has 0 saturated carbocycles. The summed E-state index contributed by atoms with van der Waals surface area (Å²) in [7, 11) is 0. The summed E-state index contributed by atoms with van der Waals surface area (Å²) in [5.74, 6) is -0.495. The monoisotopic (exact) mass is 340 g/mol. The van der Waals surface area contributed by atoms with Gasteiger partial charge in [0.25, 0.3) is 5.69 Å². The van der Waals surface area contributed by atoms with Crippen molar-refractivity contribution in [1.82, 2.24) is 0 Å². The van der Waals surface area contributed by atoms with Crippen LogP contribution in [0.5, 0.6) is 5.75 Å². The first kappa shape index (κ1) is 16.2. The molecule has 0 aliphatic rings. The van der Waals surface area contributed by atoms with Crippen LogP contribution in [0, 0.1) is 31.6 Å². The number of hydrogen-bond donors (Lipinski definition) is 2. The summed E-state index contributed by atoms with van der Waals surface area (Å²) in [6, 6.07) is 3.70. The minimum absolute atomic E-state index is 0.161. The molecule has 23 heavy (non-hydrogen) atoms. The largest absolute Gasteiger partial charge is 0.740 e. The molecule has 0 fully saturated rings. The van der Waals surface area contributed by atoms with E-state index in [1.165, 1.54) is 0 Å². The van der Waals surface area contributed by atoms with Crippen molar-refractivity contribution in [1.29, 1.82) is 11.1 Å². The van der Waals surface area contributed by atoms with Crippen LogP contribution in [-0.2, 0) is 11.4 Å². The van der Waals surface area contributed by atoms with E-state index in [2.05, 4.69) is 4.18 Å². The molecule has 2 N–H and O–H groups in total. The summed E-state index contributed by atoms with van der Waals surface area (Å²) < 4.78 is 25.9. The predicted molar refractivity (Wildman–Crippen MR) is 72.2 cm³/mol. The second-order valence-corrected chi connectivity index (χ2v) is 4.68. The minimum atomic E-state index is -3.07. The molecule has 0 spiro atoms. The molecule has 12 nitrogen and oxygen atoms in total. The Balaban J connectivity index is 2.95. The van der Waals surface area contributed by atoms with Gasteiger partial charge in [-0.1, -0.05) is 9.72 Å². The van der Waals surface area contributed by atoms with E-state index in [9.17, 15) is 29.3 Å². The van der Waals surface area contributed by atoms with Gasteiger partial charge in [0.15, 0.2) is 5.75 Å². The molecule has 1 atom stereocenters. The number of nitrogens with zero attached hydrogens (tertiary/aromatic N) is 3. The first-order valence-corrected chi connectivity index (χ1v) is 6.62. The molecule has 0 aromatic heterocycles. The van der Waals surface area contributed by atoms with Crippen LogP contribution in [0.2, 0.25) is 0 Å². The zero-order valence-corrected chi connectivity index (χ0v) is 11.7. The Labute approximate surface area is 129 Å². The van der Waals surface area contributed by atoms with Crippen LogP contribution >= 0.6 is 0 Å². The van der Waals surface area contributed by atoms with E-state index in [1.54, 1.807) is 0 Å². The normalized spacial score (nSPS) is 11.9. The Morgan fingerprint density at radius 2 is 1.70 bits per heavy atom. The van der Waals surface area contributed by atoms with E-state index in [0.717, 1.165) is 24.3 Å². The van der Waals surface area contributed by atoms with Crippen molar-refractivity contribution in [3.05, 3.63) is 44.8 Å². The third-order valence-electron chi connectivity index (χ3n) is 2.82. The molecule has 0 radical (unpaired) electrons. The maximum Gasteiger partial charge on any atom is 0.326 e. The maximum absolute atomic E-state index is 11.4. The van der Waals surface area contributed by atoms with E-state index in [-0.39, 0.29) is 10.8 Å². The Bertz CT molecular complexity index is 884. The van der Waals surface area contributed by atoms with Gasteiger partial charge in [-0.2, -0.15) is 0 Å². The molecule has 0 saturated heterocycles. The van der Waals surface area contributed by atoms with Crippen molar-refractivity contribution in [2.45, 2.75) is 0 Å². The van der Waals surface area contributed by atoms with Crippen molar-refractivity contribution in [3.63, 3.8) is 0 Å². The number of benzene rings is 2. The predicted octanol–water partition coefficient (Wildman–Crippen LogP) is 2.27. The van der Waals surface area contributed by atoms with Gasteiger partial charge in [-0.25, -0.2) is 4.21 Å². The standard InChI is InChI=1S/C10H7N5O7S/c11-13(16)8-4-9(22-23(20)21)7-3-5(15(18)19)1-2-6(7)10(8)14(12)17/h1-4,11-12H,(H,20,21)/p-1. The highest BCUT2D eigenvalue weighted by Crippen LogP contribution is 2.42. The molecule has 0 aliphatic carbocycles. The second kappa shape index (κ2) is 5.90. The smallest absolute Gasteiger partial charge is 0.326 e. The van der Waals surface area contributed by atoms with Gasteiger partial charge in [-0.15, -0.1) is 0 Å². The average Bonchev–Trinajstić information content (AvgIpc) is 2.45. The summed E-state index contributed by atoms with van der Waals surface area (Å²) in [6.45, 7) is 0. The lowest BCUT2D eigenvalue weighted by Crippen LogP contribution is -2.03. The number of nitrogens with one attached hydrogen (secondary N) is 2. The number of nitro benzene ring substituents is 1. The highest BCUT2D eigenvalue weighted by molar-refractivity contribution is 7.74. The van der Waals surface area contributed by atoms with Crippen molar-refractivity contribution in [2.24, 2.45) is 0 Å².